The van der Waals surface area contributed by atoms with Gasteiger partial charge in [-0.1, -0.05) is 30.3 Å². The van der Waals surface area contributed by atoms with E-state index in [4.69, 9.17) is 5.14 Å². The van der Waals surface area contributed by atoms with Crippen molar-refractivity contribution in [1.82, 2.24) is 19.2 Å². The van der Waals surface area contributed by atoms with Crippen LogP contribution in [0.25, 0.3) is 22.6 Å². The van der Waals surface area contributed by atoms with Crippen molar-refractivity contribution in [3.63, 3.8) is 0 Å². The summed E-state index contributed by atoms with van der Waals surface area (Å²) in [6, 6.07) is 15.1. The summed E-state index contributed by atoms with van der Waals surface area (Å²) in [5.41, 5.74) is 1.86. The summed E-state index contributed by atoms with van der Waals surface area (Å²) >= 11 is 0. The predicted molar refractivity (Wildman–Crippen MR) is 110 cm³/mol. The first kappa shape index (κ1) is 18.8. The van der Waals surface area contributed by atoms with Crippen molar-refractivity contribution in [3.8, 4) is 16.9 Å². The van der Waals surface area contributed by atoms with Crippen LogP contribution in [0, 0.1) is 0 Å². The molecule has 0 aliphatic carbocycles. The summed E-state index contributed by atoms with van der Waals surface area (Å²) in [5, 5.41) is 9.61. The maximum Gasteiger partial charge on any atom is 0.355 e. The molecule has 4 aromatic rings. The molecule has 4 rings (SSSR count). The fourth-order valence-corrected chi connectivity index (χ4v) is 3.47. The standard InChI is InChI=1S/C19H18N6O3S/c1-23(2)17-18-22-25(14-6-4-3-5-7-14)19(26)24(18)12-16(21-17)13-8-10-15(11-9-13)29(20,27)28/h3-12H,1-2H3,(H2,20,27,28). The zero-order chi connectivity index (χ0) is 20.8. The molecule has 0 spiro atoms. The normalized spacial score (nSPS) is 11.7. The molecule has 0 aliphatic rings. The average Bonchev–Trinajstić information content (AvgIpc) is 3.04. The van der Waals surface area contributed by atoms with Crippen molar-refractivity contribution >= 4 is 21.5 Å². The minimum Gasteiger partial charge on any atom is -0.360 e. The van der Waals surface area contributed by atoms with E-state index in [1.165, 1.54) is 21.2 Å². The maximum atomic E-state index is 13.0. The Kier molecular flexibility index (Phi) is 4.44. The fourth-order valence-electron chi connectivity index (χ4n) is 2.95. The second-order valence-electron chi connectivity index (χ2n) is 6.64. The molecular formula is C19H18N6O3S. The molecule has 2 N–H and O–H groups in total. The molecule has 2 heterocycles. The minimum atomic E-state index is -3.79. The maximum absolute atomic E-state index is 13.0. The fraction of sp³-hybridized carbons (Fsp3) is 0.105. The molecule has 0 amide bonds. The van der Waals surface area contributed by atoms with Gasteiger partial charge in [-0.2, -0.15) is 4.68 Å². The molecule has 2 aromatic carbocycles. The highest BCUT2D eigenvalue weighted by Gasteiger charge is 2.17. The van der Waals surface area contributed by atoms with Crippen molar-refractivity contribution in [1.29, 1.82) is 0 Å². The first-order valence-corrected chi connectivity index (χ1v) is 10.2. The number of sulfonamides is 1. The zero-order valence-electron chi connectivity index (χ0n) is 15.7. The SMILES string of the molecule is CN(C)c1nc(-c2ccc(S(N)(=O)=O)cc2)cn2c(=O)n(-c3ccccc3)nc12. The lowest BCUT2D eigenvalue weighted by atomic mass is 10.1. The first-order valence-electron chi connectivity index (χ1n) is 8.64. The van der Waals surface area contributed by atoms with Gasteiger partial charge in [0, 0.05) is 25.9 Å². The highest BCUT2D eigenvalue weighted by molar-refractivity contribution is 7.89. The van der Waals surface area contributed by atoms with E-state index in [1.807, 2.05) is 32.3 Å². The van der Waals surface area contributed by atoms with E-state index in [0.717, 1.165) is 0 Å². The van der Waals surface area contributed by atoms with Gasteiger partial charge in [0.15, 0.2) is 5.82 Å². The Labute approximate surface area is 166 Å². The van der Waals surface area contributed by atoms with Crippen LogP contribution in [-0.4, -0.2) is 41.7 Å². The van der Waals surface area contributed by atoms with Gasteiger partial charge in [0.2, 0.25) is 15.7 Å². The van der Waals surface area contributed by atoms with E-state index < -0.39 is 10.0 Å². The number of benzene rings is 2. The summed E-state index contributed by atoms with van der Waals surface area (Å²) in [6.45, 7) is 0. The molecule has 0 bridgehead atoms. The Bertz CT molecular complexity index is 1360. The van der Waals surface area contributed by atoms with Crippen molar-refractivity contribution in [2.45, 2.75) is 4.90 Å². The van der Waals surface area contributed by atoms with Crippen molar-refractivity contribution in [3.05, 3.63) is 71.3 Å². The van der Waals surface area contributed by atoms with Crippen molar-refractivity contribution in [2.24, 2.45) is 5.14 Å². The van der Waals surface area contributed by atoms with Gasteiger partial charge in [-0.05, 0) is 24.3 Å². The van der Waals surface area contributed by atoms with Gasteiger partial charge in [-0.25, -0.2) is 27.7 Å². The number of hydrogen-bond acceptors (Lipinski definition) is 6. The van der Waals surface area contributed by atoms with E-state index in [0.29, 0.717) is 28.4 Å². The minimum absolute atomic E-state index is 0.00391. The summed E-state index contributed by atoms with van der Waals surface area (Å²) in [6.07, 6.45) is 1.59. The third-order valence-corrected chi connectivity index (χ3v) is 5.32. The monoisotopic (exact) mass is 410 g/mol. The van der Waals surface area contributed by atoms with Crippen LogP contribution in [0.4, 0.5) is 5.82 Å². The van der Waals surface area contributed by atoms with Crippen LogP contribution in [0.3, 0.4) is 0 Å². The Morgan fingerprint density at radius 3 is 2.24 bits per heavy atom. The summed E-state index contributed by atoms with van der Waals surface area (Å²) in [7, 11) is -0.174. The topological polar surface area (TPSA) is 116 Å². The van der Waals surface area contributed by atoms with E-state index in [-0.39, 0.29) is 10.6 Å². The molecule has 0 saturated carbocycles. The van der Waals surface area contributed by atoms with Crippen molar-refractivity contribution in [2.75, 3.05) is 19.0 Å². The Balaban J connectivity index is 1.93. The van der Waals surface area contributed by atoms with Gasteiger partial charge in [-0.3, -0.25) is 0 Å². The number of anilines is 1. The number of primary sulfonamides is 1. The largest absolute Gasteiger partial charge is 0.360 e. The number of hydrogen-bond donors (Lipinski definition) is 1. The van der Waals surface area contributed by atoms with Crippen molar-refractivity contribution < 1.29 is 8.42 Å². The second-order valence-corrected chi connectivity index (χ2v) is 8.20. The third kappa shape index (κ3) is 3.39. The molecule has 0 atom stereocenters. The van der Waals surface area contributed by atoms with Crippen LogP contribution in [0.2, 0.25) is 0 Å². The Morgan fingerprint density at radius 2 is 1.66 bits per heavy atom. The number of nitrogens with two attached hydrogens (primary N) is 1. The number of fused-ring (bicyclic) bond motifs is 1. The van der Waals surface area contributed by atoms with Gasteiger partial charge >= 0.3 is 5.69 Å². The van der Waals surface area contributed by atoms with Crippen LogP contribution in [-0.2, 0) is 10.0 Å². The zero-order valence-corrected chi connectivity index (χ0v) is 16.5. The summed E-state index contributed by atoms with van der Waals surface area (Å²) in [4.78, 5) is 19.4. The predicted octanol–water partition coefficient (Wildman–Crippen LogP) is 1.26. The molecular weight excluding hydrogens is 392 g/mol. The molecule has 0 aliphatic heterocycles. The van der Waals surface area contributed by atoms with Crippen LogP contribution in [0.15, 0.2) is 70.5 Å². The number of aromatic nitrogens is 4. The Hall–Kier alpha value is -3.50. The first-order chi connectivity index (χ1) is 13.8. The molecule has 0 unspecified atom stereocenters. The number of para-hydroxylation sites is 1. The van der Waals surface area contributed by atoms with Crippen LogP contribution < -0.4 is 15.7 Å². The quantitative estimate of drug-likeness (QED) is 0.542. The molecule has 0 fully saturated rings. The molecule has 10 heteroatoms. The molecule has 29 heavy (non-hydrogen) atoms. The smallest absolute Gasteiger partial charge is 0.355 e. The van der Waals surface area contributed by atoms with Crippen LogP contribution in [0.5, 0.6) is 0 Å². The van der Waals surface area contributed by atoms with Crippen LogP contribution in [0.1, 0.15) is 0 Å². The molecule has 9 nitrogen and oxygen atoms in total. The van der Waals surface area contributed by atoms with Gasteiger partial charge in [0.25, 0.3) is 0 Å². The molecule has 2 aromatic heterocycles. The van der Waals surface area contributed by atoms with Gasteiger partial charge in [0.05, 0.1) is 16.3 Å². The molecule has 0 saturated heterocycles. The van der Waals surface area contributed by atoms with E-state index in [9.17, 15) is 13.2 Å². The highest BCUT2D eigenvalue weighted by atomic mass is 32.2. The average molecular weight is 410 g/mol. The van der Waals surface area contributed by atoms with Gasteiger partial charge in [0.1, 0.15) is 0 Å². The molecule has 148 valence electrons. The van der Waals surface area contributed by atoms with E-state index >= 15 is 0 Å². The third-order valence-electron chi connectivity index (χ3n) is 4.39. The van der Waals surface area contributed by atoms with Gasteiger partial charge < -0.3 is 4.90 Å². The summed E-state index contributed by atoms with van der Waals surface area (Å²) < 4.78 is 25.7. The second kappa shape index (κ2) is 6.83. The lowest BCUT2D eigenvalue weighted by molar-refractivity contribution is 0.598. The van der Waals surface area contributed by atoms with E-state index in [2.05, 4.69) is 10.1 Å². The molecule has 0 radical (unpaired) electrons. The number of rotatable bonds is 4. The Morgan fingerprint density at radius 1 is 1.00 bits per heavy atom. The highest BCUT2D eigenvalue weighted by Crippen LogP contribution is 2.24. The lowest BCUT2D eigenvalue weighted by Crippen LogP contribution is -2.20. The lowest BCUT2D eigenvalue weighted by Gasteiger charge is -2.13. The van der Waals surface area contributed by atoms with Gasteiger partial charge in [-0.15, -0.1) is 5.10 Å². The summed E-state index contributed by atoms with van der Waals surface area (Å²) in [5.74, 6) is 0.504. The van der Waals surface area contributed by atoms with Crippen LogP contribution >= 0.6 is 0 Å². The number of nitrogens with zero attached hydrogens (tertiary/aromatic N) is 5. The van der Waals surface area contributed by atoms with E-state index in [1.54, 1.807) is 35.4 Å².